The van der Waals surface area contributed by atoms with E-state index in [1.165, 1.54) is 13.3 Å². The molecule has 1 rings (SSSR count). The normalized spacial score (nSPS) is 8.87. The molecule has 0 saturated carbocycles. The molecule has 0 aliphatic rings. The molecule has 0 fully saturated rings. The van der Waals surface area contributed by atoms with Crippen molar-refractivity contribution in [3.63, 3.8) is 0 Å². The summed E-state index contributed by atoms with van der Waals surface area (Å²) in [5.41, 5.74) is 0. The first kappa shape index (κ1) is 14.7. The first-order chi connectivity index (χ1) is 7.35. The van der Waals surface area contributed by atoms with Crippen molar-refractivity contribution in [3.8, 4) is 0 Å². The van der Waals surface area contributed by atoms with E-state index in [0.717, 1.165) is 0 Å². The van der Waals surface area contributed by atoms with Crippen LogP contribution in [0.5, 0.6) is 0 Å². The molecule has 81 valence electrons. The van der Waals surface area contributed by atoms with Gasteiger partial charge in [0.25, 0.3) is 0 Å². The van der Waals surface area contributed by atoms with Gasteiger partial charge in [-0.25, -0.2) is 0 Å². The van der Waals surface area contributed by atoms with E-state index in [4.69, 9.17) is 0 Å². The average Bonchev–Trinajstić information content (AvgIpc) is 2.77. The Bertz CT molecular complexity index is 211. The summed E-state index contributed by atoms with van der Waals surface area (Å²) in [6, 6.07) is 4.04. The second kappa shape index (κ2) is 11.8. The van der Waals surface area contributed by atoms with Crippen molar-refractivity contribution in [2.45, 2.75) is 13.3 Å². The van der Waals surface area contributed by atoms with E-state index in [1.54, 1.807) is 11.3 Å². The van der Waals surface area contributed by atoms with Gasteiger partial charge in [0.1, 0.15) is 0 Å². The Kier molecular flexibility index (Phi) is 11.6. The quantitative estimate of drug-likeness (QED) is 0.521. The summed E-state index contributed by atoms with van der Waals surface area (Å²) in [5, 5.41) is 4.08. The van der Waals surface area contributed by atoms with E-state index in [1.807, 2.05) is 41.1 Å². The molecule has 0 bridgehead atoms. The Balaban J connectivity index is 0.000000322. The summed E-state index contributed by atoms with van der Waals surface area (Å²) >= 11 is 0.600. The SMILES string of the molecule is C=C[CH2][Sn]([CH2]C=C)[CH2]C=C.c1ccsc1. The summed E-state index contributed by atoms with van der Waals surface area (Å²) in [6.07, 6.45) is 6.13. The molecule has 0 nitrogen and oxygen atoms in total. The molecule has 1 aromatic heterocycles. The van der Waals surface area contributed by atoms with Crippen LogP contribution in [-0.2, 0) is 0 Å². The number of allylic oxidation sites excluding steroid dienone is 3. The second-order valence-electron chi connectivity index (χ2n) is 3.02. The van der Waals surface area contributed by atoms with Crippen molar-refractivity contribution >= 4 is 31.1 Å². The molecule has 0 amide bonds. The first-order valence-corrected chi connectivity index (χ1v) is 12.0. The molecule has 0 atom stereocenters. The minimum atomic E-state index is -1.11. The summed E-state index contributed by atoms with van der Waals surface area (Å²) in [4.78, 5) is 0. The summed E-state index contributed by atoms with van der Waals surface area (Å²) in [5.74, 6) is 0. The summed E-state index contributed by atoms with van der Waals surface area (Å²) in [7, 11) is 0. The molecule has 1 heterocycles. The molecule has 1 radical (unpaired) electrons. The van der Waals surface area contributed by atoms with Crippen LogP contribution in [0.4, 0.5) is 0 Å². The molecule has 0 unspecified atom stereocenters. The zero-order chi connectivity index (χ0) is 11.4. The maximum atomic E-state index is 3.75. The molecule has 15 heavy (non-hydrogen) atoms. The predicted octanol–water partition coefficient (Wildman–Crippen LogP) is 4.79. The summed E-state index contributed by atoms with van der Waals surface area (Å²) < 4.78 is 3.79. The van der Waals surface area contributed by atoms with Gasteiger partial charge in [0.05, 0.1) is 0 Å². The van der Waals surface area contributed by atoms with Crippen LogP contribution in [0.2, 0.25) is 13.3 Å². The van der Waals surface area contributed by atoms with Gasteiger partial charge in [-0.2, -0.15) is 11.3 Å². The zero-order valence-electron chi connectivity index (χ0n) is 9.19. The number of thiophene rings is 1. The molecule has 0 saturated heterocycles. The predicted molar refractivity (Wildman–Crippen MR) is 75.1 cm³/mol. The van der Waals surface area contributed by atoms with Gasteiger partial charge < -0.3 is 0 Å². The Morgan fingerprint density at radius 2 is 1.27 bits per heavy atom. The standard InChI is InChI=1S/C4H4S.3C3H5.Sn/c1-2-4-5-3-1;3*1-3-2;/h1-4H;3*3H,1-2H2;. The maximum Gasteiger partial charge on any atom is -0.00934 e. The van der Waals surface area contributed by atoms with E-state index in [0.29, 0.717) is 0 Å². The molecule has 0 spiro atoms. The smallest absolute Gasteiger partial charge is 0.00934 e. The van der Waals surface area contributed by atoms with Crippen molar-refractivity contribution in [1.82, 2.24) is 0 Å². The Hall–Kier alpha value is -0.281. The fourth-order valence-corrected chi connectivity index (χ4v) is 6.47. The second-order valence-corrected chi connectivity index (χ2v) is 11.6. The van der Waals surface area contributed by atoms with Crippen molar-refractivity contribution in [1.29, 1.82) is 0 Å². The van der Waals surface area contributed by atoms with Gasteiger partial charge in [0.2, 0.25) is 0 Å². The fraction of sp³-hybridized carbons (Fsp3) is 0.231. The largest absolute Gasteiger partial charge is 0.152 e. The fourth-order valence-electron chi connectivity index (χ4n) is 1.09. The van der Waals surface area contributed by atoms with Gasteiger partial charge >= 0.3 is 71.0 Å². The number of hydrogen-bond acceptors (Lipinski definition) is 1. The zero-order valence-corrected chi connectivity index (χ0v) is 12.9. The van der Waals surface area contributed by atoms with Crippen LogP contribution in [0.1, 0.15) is 0 Å². The molecular formula is C13H19SSn. The van der Waals surface area contributed by atoms with E-state index >= 15 is 0 Å². The van der Waals surface area contributed by atoms with Crippen LogP contribution in [0.15, 0.2) is 60.9 Å². The monoisotopic (exact) mass is 327 g/mol. The third-order valence-corrected chi connectivity index (χ3v) is 9.77. The molecule has 0 aliphatic carbocycles. The molecule has 1 aromatic rings. The van der Waals surface area contributed by atoms with E-state index < -0.39 is 19.8 Å². The van der Waals surface area contributed by atoms with Crippen molar-refractivity contribution in [2.24, 2.45) is 0 Å². The molecule has 2 heteroatoms. The Labute approximate surface area is 105 Å². The molecule has 0 aromatic carbocycles. The van der Waals surface area contributed by atoms with Gasteiger partial charge in [-0.15, -0.1) is 0 Å². The first-order valence-electron chi connectivity index (χ1n) is 4.98. The van der Waals surface area contributed by atoms with Gasteiger partial charge in [-0.3, -0.25) is 0 Å². The van der Waals surface area contributed by atoms with Crippen LogP contribution in [0.3, 0.4) is 0 Å². The minimum Gasteiger partial charge on any atom is -0.152 e. The number of hydrogen-bond donors (Lipinski definition) is 0. The minimum absolute atomic E-state index is 1.11. The van der Waals surface area contributed by atoms with E-state index in [2.05, 4.69) is 19.7 Å². The molecular weight excluding hydrogens is 307 g/mol. The maximum absolute atomic E-state index is 3.75. The Morgan fingerprint density at radius 1 is 0.867 bits per heavy atom. The molecule has 0 aliphatic heterocycles. The third-order valence-electron chi connectivity index (χ3n) is 1.72. The third kappa shape index (κ3) is 10.0. The van der Waals surface area contributed by atoms with Crippen LogP contribution in [0.25, 0.3) is 0 Å². The molecule has 0 N–H and O–H groups in total. The summed E-state index contributed by atoms with van der Waals surface area (Å²) in [6.45, 7) is 11.2. The average molecular weight is 326 g/mol. The van der Waals surface area contributed by atoms with Gasteiger partial charge in [-0.1, -0.05) is 12.1 Å². The van der Waals surface area contributed by atoms with Gasteiger partial charge in [0.15, 0.2) is 0 Å². The van der Waals surface area contributed by atoms with Crippen LogP contribution in [0, 0.1) is 0 Å². The van der Waals surface area contributed by atoms with Crippen LogP contribution < -0.4 is 0 Å². The van der Waals surface area contributed by atoms with Gasteiger partial charge in [0, 0.05) is 0 Å². The van der Waals surface area contributed by atoms with Crippen molar-refractivity contribution < 1.29 is 0 Å². The number of rotatable bonds is 6. The Morgan fingerprint density at radius 3 is 1.47 bits per heavy atom. The van der Waals surface area contributed by atoms with E-state index in [9.17, 15) is 0 Å². The van der Waals surface area contributed by atoms with Crippen molar-refractivity contribution in [3.05, 3.63) is 60.9 Å². The van der Waals surface area contributed by atoms with Crippen LogP contribution >= 0.6 is 11.3 Å². The van der Waals surface area contributed by atoms with E-state index in [-0.39, 0.29) is 0 Å². The topological polar surface area (TPSA) is 0 Å². The van der Waals surface area contributed by atoms with Gasteiger partial charge in [-0.05, 0) is 10.8 Å². The van der Waals surface area contributed by atoms with Crippen molar-refractivity contribution in [2.75, 3.05) is 0 Å². The van der Waals surface area contributed by atoms with Crippen LogP contribution in [-0.4, -0.2) is 19.8 Å².